The van der Waals surface area contributed by atoms with Gasteiger partial charge in [0, 0.05) is 18.1 Å². The van der Waals surface area contributed by atoms with Crippen LogP contribution < -0.4 is 14.0 Å². The first kappa shape index (κ1) is 16.4. The molecule has 0 aliphatic carbocycles. The first-order chi connectivity index (χ1) is 12.7. The Morgan fingerprint density at radius 3 is 2.81 bits per heavy atom. The standard InChI is InChI=1S/C19H16N3O3S/c1-24-16-8-12-5-7-22(15(12)9-17(16)25-2)19(23)14-11-26-18(21-14)13-4-3-6-20-10-13/h3-11,23H,1-2H3/q-1. The van der Waals surface area contributed by atoms with Crippen molar-refractivity contribution in [1.29, 1.82) is 0 Å². The van der Waals surface area contributed by atoms with Crippen molar-refractivity contribution in [2.75, 3.05) is 14.2 Å². The van der Waals surface area contributed by atoms with Crippen LogP contribution in [0.15, 0.2) is 54.3 Å². The average molecular weight is 366 g/mol. The number of rotatable bonds is 5. The van der Waals surface area contributed by atoms with Crippen LogP contribution in [-0.4, -0.2) is 29.3 Å². The lowest BCUT2D eigenvalue weighted by atomic mass is 10.2. The molecular formula is C19H16N3O3S-. The van der Waals surface area contributed by atoms with Crippen molar-refractivity contribution in [2.45, 2.75) is 0 Å². The topological polar surface area (TPSA) is 68.4 Å². The number of aliphatic hydroxyl groups excluding tert-OH is 1. The highest BCUT2D eigenvalue weighted by atomic mass is 32.1. The van der Waals surface area contributed by atoms with Crippen LogP contribution in [-0.2, 0) is 0 Å². The molecule has 4 aromatic rings. The summed E-state index contributed by atoms with van der Waals surface area (Å²) in [6, 6.07) is 9.41. The number of benzene rings is 1. The number of hydrogen-bond donors (Lipinski definition) is 1. The Balaban J connectivity index is 1.73. The van der Waals surface area contributed by atoms with Gasteiger partial charge in [-0.25, -0.2) is 0 Å². The fourth-order valence-electron chi connectivity index (χ4n) is 2.77. The summed E-state index contributed by atoms with van der Waals surface area (Å²) in [7, 11) is 3.18. The summed E-state index contributed by atoms with van der Waals surface area (Å²) in [5.41, 5.74) is 2.22. The van der Waals surface area contributed by atoms with Crippen LogP contribution in [0.4, 0.5) is 0 Å². The highest BCUT2D eigenvalue weighted by molar-refractivity contribution is 7.13. The number of aliphatic hydroxyl groups is 1. The lowest BCUT2D eigenvalue weighted by Gasteiger charge is -2.17. The molecule has 4 rings (SSSR count). The number of aromatic nitrogens is 3. The number of nitrogens with zero attached hydrogens (tertiary/aromatic N) is 3. The number of fused-ring (bicyclic) bond motifs is 1. The minimum absolute atomic E-state index is 0.0543. The largest absolute Gasteiger partial charge is 0.494 e. The van der Waals surface area contributed by atoms with Crippen molar-refractivity contribution in [3.8, 4) is 22.1 Å². The van der Waals surface area contributed by atoms with Crippen molar-refractivity contribution in [3.63, 3.8) is 0 Å². The lowest BCUT2D eigenvalue weighted by molar-refractivity contribution is -0.652. The molecule has 0 amide bonds. The second-order valence-electron chi connectivity index (χ2n) is 5.55. The molecule has 0 unspecified atom stereocenters. The van der Waals surface area contributed by atoms with E-state index in [2.05, 4.69) is 9.97 Å². The zero-order chi connectivity index (χ0) is 18.1. The highest BCUT2D eigenvalue weighted by Gasteiger charge is 2.17. The van der Waals surface area contributed by atoms with E-state index in [9.17, 15) is 5.11 Å². The smallest absolute Gasteiger partial charge is 0.249 e. The predicted octanol–water partition coefficient (Wildman–Crippen LogP) is 3.14. The normalized spacial score (nSPS) is 10.9. The van der Waals surface area contributed by atoms with Crippen LogP contribution in [0.25, 0.3) is 21.5 Å². The van der Waals surface area contributed by atoms with Gasteiger partial charge in [-0.3, -0.25) is 4.98 Å². The Bertz CT molecular complexity index is 1040. The fourth-order valence-corrected chi connectivity index (χ4v) is 3.56. The number of methoxy groups -OCH3 is 2. The van der Waals surface area contributed by atoms with E-state index in [0.29, 0.717) is 17.2 Å². The third kappa shape index (κ3) is 2.77. The van der Waals surface area contributed by atoms with Crippen molar-refractivity contribution in [1.82, 2.24) is 9.97 Å². The summed E-state index contributed by atoms with van der Waals surface area (Å²) in [6.45, 7) is 0. The van der Waals surface area contributed by atoms with E-state index in [1.165, 1.54) is 11.3 Å². The predicted molar refractivity (Wildman–Crippen MR) is 97.9 cm³/mol. The molecule has 0 aliphatic heterocycles. The van der Waals surface area contributed by atoms with Crippen molar-refractivity contribution < 1.29 is 19.1 Å². The lowest BCUT2D eigenvalue weighted by Crippen LogP contribution is -2.39. The van der Waals surface area contributed by atoms with Crippen molar-refractivity contribution in [3.05, 3.63) is 66.2 Å². The van der Waals surface area contributed by atoms with E-state index in [0.717, 1.165) is 21.5 Å². The third-order valence-corrected chi connectivity index (χ3v) is 4.96. The maximum Gasteiger partial charge on any atom is 0.249 e. The zero-order valence-corrected chi connectivity index (χ0v) is 15.0. The molecule has 0 saturated carbocycles. The average Bonchev–Trinajstić information content (AvgIpc) is 3.34. The molecule has 26 heavy (non-hydrogen) atoms. The van der Waals surface area contributed by atoms with Crippen molar-refractivity contribution in [2.24, 2.45) is 0 Å². The summed E-state index contributed by atoms with van der Waals surface area (Å²) in [5.74, 6) is 1.24. The molecule has 0 fully saturated rings. The van der Waals surface area contributed by atoms with Gasteiger partial charge < -0.3 is 24.1 Å². The van der Waals surface area contributed by atoms with Crippen molar-refractivity contribution >= 4 is 22.2 Å². The Kier molecular flexibility index (Phi) is 4.24. The van der Waals surface area contributed by atoms with Crippen LogP contribution >= 0.6 is 11.3 Å². The minimum atomic E-state index is 0.0543. The second-order valence-corrected chi connectivity index (χ2v) is 6.41. The molecule has 1 N–H and O–H groups in total. The Labute approximate surface area is 154 Å². The van der Waals surface area contributed by atoms with Crippen LogP contribution in [0.1, 0.15) is 5.69 Å². The Morgan fingerprint density at radius 2 is 2.08 bits per heavy atom. The van der Waals surface area contributed by atoms with E-state index in [1.807, 2.05) is 35.7 Å². The minimum Gasteiger partial charge on any atom is -0.494 e. The van der Waals surface area contributed by atoms with E-state index < -0.39 is 0 Å². The fraction of sp³-hybridized carbons (Fsp3) is 0.105. The van der Waals surface area contributed by atoms with E-state index in [4.69, 9.17) is 9.47 Å². The van der Waals surface area contributed by atoms with Crippen LogP contribution in [0, 0.1) is 6.23 Å². The zero-order valence-electron chi connectivity index (χ0n) is 14.2. The van der Waals surface area contributed by atoms with Gasteiger partial charge in [0.15, 0.2) is 17.1 Å². The number of thiazole rings is 1. The molecule has 3 aromatic heterocycles. The molecule has 0 atom stereocenters. The molecule has 0 radical (unpaired) electrons. The van der Waals surface area contributed by atoms with Gasteiger partial charge in [-0.05, 0) is 29.3 Å². The van der Waals surface area contributed by atoms with Gasteiger partial charge in [0.1, 0.15) is 17.4 Å². The summed E-state index contributed by atoms with van der Waals surface area (Å²) in [5, 5.41) is 14.3. The third-order valence-electron chi connectivity index (χ3n) is 4.07. The Hall–Kier alpha value is -3.03. The number of ether oxygens (including phenoxy) is 2. The number of hydrogen-bond acceptors (Lipinski definition) is 5. The summed E-state index contributed by atoms with van der Waals surface area (Å²) >= 11 is 1.46. The maximum atomic E-state index is 10.8. The van der Waals surface area contributed by atoms with Crippen LogP contribution in [0.5, 0.6) is 11.5 Å². The molecule has 0 aliphatic rings. The molecule has 132 valence electrons. The molecule has 3 heterocycles. The molecule has 6 nitrogen and oxygen atoms in total. The van der Waals surface area contributed by atoms with Gasteiger partial charge in [0.05, 0.1) is 19.7 Å². The quantitative estimate of drug-likeness (QED) is 0.334. The first-order valence-electron chi connectivity index (χ1n) is 7.87. The monoisotopic (exact) mass is 366 g/mol. The van der Waals surface area contributed by atoms with Gasteiger partial charge in [0.2, 0.25) is 5.01 Å². The first-order valence-corrected chi connectivity index (χ1v) is 8.75. The molecule has 7 heteroatoms. The molecule has 0 saturated heterocycles. The highest BCUT2D eigenvalue weighted by Crippen LogP contribution is 2.32. The van der Waals surface area contributed by atoms with Gasteiger partial charge in [-0.2, -0.15) is 0 Å². The molecule has 1 aromatic carbocycles. The number of pyridine rings is 1. The van der Waals surface area contributed by atoms with E-state index in [-0.39, 0.29) is 6.23 Å². The summed E-state index contributed by atoms with van der Waals surface area (Å²) < 4.78 is 12.4. The molecular weight excluding hydrogens is 350 g/mol. The second kappa shape index (κ2) is 6.70. The van der Waals surface area contributed by atoms with Gasteiger partial charge in [-0.15, -0.1) is 6.07 Å². The van der Waals surface area contributed by atoms with Crippen LogP contribution in [0.3, 0.4) is 0 Å². The summed E-state index contributed by atoms with van der Waals surface area (Å²) in [6.07, 6.45) is 5.32. The molecule has 0 spiro atoms. The van der Waals surface area contributed by atoms with Gasteiger partial charge >= 0.3 is 0 Å². The van der Waals surface area contributed by atoms with Crippen LogP contribution in [0.2, 0.25) is 0 Å². The van der Waals surface area contributed by atoms with Gasteiger partial charge in [-0.1, -0.05) is 12.1 Å². The molecule has 0 bridgehead atoms. The Morgan fingerprint density at radius 1 is 1.23 bits per heavy atom. The summed E-state index contributed by atoms with van der Waals surface area (Å²) in [4.78, 5) is 8.64. The van der Waals surface area contributed by atoms with Gasteiger partial charge in [0.25, 0.3) is 0 Å². The van der Waals surface area contributed by atoms with E-state index >= 15 is 0 Å². The van der Waals surface area contributed by atoms with E-state index in [1.54, 1.807) is 37.4 Å². The maximum absolute atomic E-state index is 10.8. The SMILES string of the molecule is COc1cc2cc[n+]([C-](O)c3c[s+][c-](-c4cccnc4)n3)[c-]2cc1OC.